The van der Waals surface area contributed by atoms with E-state index in [0.717, 1.165) is 71.8 Å². The summed E-state index contributed by atoms with van der Waals surface area (Å²) in [5.41, 5.74) is 8.05. The zero-order valence-electron chi connectivity index (χ0n) is 46.1. The molecule has 18 heteroatoms. The second-order valence-electron chi connectivity index (χ2n) is 25.2. The van der Waals surface area contributed by atoms with Crippen LogP contribution in [0.2, 0.25) is 46.3 Å². The third-order valence-electron chi connectivity index (χ3n) is 18.5. The van der Waals surface area contributed by atoms with Crippen molar-refractivity contribution in [3.05, 3.63) is 129 Å². The second kappa shape index (κ2) is 17.9. The van der Waals surface area contributed by atoms with E-state index in [4.69, 9.17) is 32.1 Å². The lowest BCUT2D eigenvalue weighted by Gasteiger charge is -2.39. The van der Waals surface area contributed by atoms with Gasteiger partial charge in [-0.05, 0) is 79.1 Å². The van der Waals surface area contributed by atoms with E-state index < -0.39 is 52.8 Å². The summed E-state index contributed by atoms with van der Waals surface area (Å²) in [7, 11) is -4.22. The number of fused-ring (bicyclic) bond motifs is 20. The smallest absolute Gasteiger partial charge is 0.259 e. The normalized spacial score (nSPS) is 21.6. The average Bonchev–Trinajstić information content (AvgIpc) is 3.73. The first-order chi connectivity index (χ1) is 37.8. The Kier molecular flexibility index (Phi) is 11.8. The van der Waals surface area contributed by atoms with Gasteiger partial charge in [0.1, 0.15) is 12.2 Å². The fourth-order valence-corrected chi connectivity index (χ4v) is 15.6. The minimum atomic E-state index is -2.25. The van der Waals surface area contributed by atoms with Crippen LogP contribution in [0.3, 0.4) is 0 Å². The minimum absolute atomic E-state index is 0.0171. The first-order valence-corrected chi connectivity index (χ1v) is 33.8. The Bertz CT molecular complexity index is 4440. The van der Waals surface area contributed by atoms with Crippen LogP contribution in [-0.4, -0.2) is 94.0 Å². The number of aliphatic hydroxyl groups excluding tert-OH is 2. The highest BCUT2D eigenvalue weighted by Gasteiger charge is 2.50. The van der Waals surface area contributed by atoms with Crippen molar-refractivity contribution in [3.8, 4) is 0 Å². The lowest BCUT2D eigenvalue weighted by atomic mass is 9.96. The van der Waals surface area contributed by atoms with Gasteiger partial charge >= 0.3 is 0 Å². The molecule has 2 aliphatic heterocycles. The molecule has 2 unspecified atom stereocenters. The van der Waals surface area contributed by atoms with Crippen LogP contribution >= 0.6 is 23.2 Å². The summed E-state index contributed by atoms with van der Waals surface area (Å²) in [5.74, 6) is -1.61. The number of aromatic amines is 2. The summed E-state index contributed by atoms with van der Waals surface area (Å²) < 4.78 is 17.8. The molecular weight excluding hydrogens is 1080 g/mol. The first kappa shape index (κ1) is 52.7. The number of hydrogen-bond acceptors (Lipinski definition) is 8. The lowest BCUT2D eigenvalue weighted by molar-refractivity contribution is -0.0199. The van der Waals surface area contributed by atoms with E-state index in [1.807, 2.05) is 71.3 Å². The fraction of sp³-hybridized carbons (Fsp3) is 0.323. The molecule has 6 heterocycles. The van der Waals surface area contributed by atoms with Gasteiger partial charge in [0.05, 0.1) is 68.6 Å². The minimum Gasteiger partial charge on any atom is -0.411 e. The molecule has 4 aliphatic rings. The molecule has 4 amide bonds. The number of H-pyrrole nitrogens is 2. The number of benzene rings is 6. The first-order valence-electron chi connectivity index (χ1n) is 27.3. The lowest BCUT2D eigenvalue weighted by Crippen LogP contribution is -2.46. The van der Waals surface area contributed by atoms with Gasteiger partial charge in [-0.2, -0.15) is 0 Å². The molecule has 0 spiro atoms. The molecule has 0 bridgehead atoms. The van der Waals surface area contributed by atoms with Crippen LogP contribution in [0.25, 0.3) is 87.2 Å². The number of para-hydroxylation sites is 2. The fourth-order valence-electron chi connectivity index (χ4n) is 12.7. The van der Waals surface area contributed by atoms with Crippen LogP contribution in [0, 0.1) is 0 Å². The number of carbonyl (C=O) groups excluding carboxylic acids is 4. The van der Waals surface area contributed by atoms with Crippen LogP contribution in [0.5, 0.6) is 0 Å². The Hall–Kier alpha value is -6.61. The van der Waals surface area contributed by atoms with Gasteiger partial charge in [-0.3, -0.25) is 29.8 Å². The van der Waals surface area contributed by atoms with Gasteiger partial charge in [0.15, 0.2) is 16.6 Å². The SMILES string of the molecule is CC(C)(C)[Si](C)(C)O[C@@H]1C=CC(n2c3ccccc3c3c4c(c5c6ccc(Cl)cc6[nH]c5c32)C(=O)NC4=O)C1.CC(C)(C)[Si](C)(C)O[C@H]1CC(n2c3ccccc3c3c4c(c5c6ccc(Cl)cc6[nH]c5c32)C(=O)NC4=O)[C@H](O)[C@@H]1O. The summed E-state index contributed by atoms with van der Waals surface area (Å²) in [4.78, 5) is 60.2. The molecule has 10 aromatic rings. The van der Waals surface area contributed by atoms with E-state index in [1.54, 1.807) is 12.1 Å². The van der Waals surface area contributed by atoms with Crippen LogP contribution in [0.1, 0.15) is 108 Å². The number of aromatic nitrogens is 4. The highest BCUT2D eigenvalue weighted by atomic mass is 35.5. The van der Waals surface area contributed by atoms with Gasteiger partial charge in [-0.25, -0.2) is 0 Å². The number of aliphatic hydroxyl groups is 2. The van der Waals surface area contributed by atoms with Crippen LogP contribution in [-0.2, 0) is 8.85 Å². The number of halogens is 2. The predicted molar refractivity (Wildman–Crippen MR) is 324 cm³/mol. The van der Waals surface area contributed by atoms with Crippen LogP contribution in [0.15, 0.2) is 97.1 Å². The van der Waals surface area contributed by atoms with E-state index in [-0.39, 0.29) is 34.0 Å². The van der Waals surface area contributed by atoms with Crippen molar-refractivity contribution >= 4 is 151 Å². The van der Waals surface area contributed by atoms with E-state index in [9.17, 15) is 29.4 Å². The highest BCUT2D eigenvalue weighted by molar-refractivity contribution is 6.74. The number of imide groups is 2. The van der Waals surface area contributed by atoms with Crippen molar-refractivity contribution < 1.29 is 38.2 Å². The van der Waals surface area contributed by atoms with Gasteiger partial charge in [-0.1, -0.05) is 125 Å². The molecule has 6 N–H and O–H groups in total. The van der Waals surface area contributed by atoms with Crippen LogP contribution in [0.4, 0.5) is 0 Å². The average molecular weight is 1150 g/mol. The van der Waals surface area contributed by atoms with E-state index in [2.05, 4.69) is 111 Å². The van der Waals surface area contributed by atoms with Gasteiger partial charge in [0, 0.05) is 81.6 Å². The van der Waals surface area contributed by atoms with Crippen molar-refractivity contribution in [1.82, 2.24) is 29.7 Å². The van der Waals surface area contributed by atoms with Crippen molar-refractivity contribution in [3.63, 3.8) is 0 Å². The van der Waals surface area contributed by atoms with Gasteiger partial charge in [0.2, 0.25) is 0 Å². The summed E-state index contributed by atoms with van der Waals surface area (Å²) >= 11 is 12.7. The second-order valence-corrected chi connectivity index (χ2v) is 35.6. The molecule has 14 rings (SSSR count). The molecule has 6 aromatic carbocycles. The maximum absolute atomic E-state index is 13.4. The summed E-state index contributed by atoms with van der Waals surface area (Å²) in [5, 5.41) is 35.3. The van der Waals surface area contributed by atoms with Crippen molar-refractivity contribution in [2.75, 3.05) is 0 Å². The summed E-state index contributed by atoms with van der Waals surface area (Å²) in [6, 6.07) is 26.3. The predicted octanol–water partition coefficient (Wildman–Crippen LogP) is 13.9. The molecule has 410 valence electrons. The van der Waals surface area contributed by atoms with Crippen molar-refractivity contribution in [2.45, 2.75) is 127 Å². The third-order valence-corrected chi connectivity index (χ3v) is 27.9. The summed E-state index contributed by atoms with van der Waals surface area (Å²) in [6.45, 7) is 22.1. The number of rotatable bonds is 6. The Morgan fingerprint density at radius 1 is 0.537 bits per heavy atom. The molecule has 1 saturated carbocycles. The maximum atomic E-state index is 13.4. The zero-order chi connectivity index (χ0) is 56.6. The molecule has 6 atom stereocenters. The number of nitrogens with zero attached hydrogens (tertiary/aromatic N) is 2. The number of amides is 4. The number of allylic oxidation sites excluding steroid dienone is 1. The number of hydrogen-bond donors (Lipinski definition) is 6. The molecule has 1 fully saturated rings. The Morgan fingerprint density at radius 2 is 0.975 bits per heavy atom. The third kappa shape index (κ3) is 7.70. The Morgan fingerprint density at radius 3 is 1.46 bits per heavy atom. The Balaban J connectivity index is 0.000000151. The molecule has 0 saturated heterocycles. The molecule has 4 aromatic heterocycles. The topological polar surface area (TPSA) is 193 Å². The van der Waals surface area contributed by atoms with E-state index in [1.165, 1.54) is 0 Å². The van der Waals surface area contributed by atoms with Crippen molar-refractivity contribution in [1.29, 1.82) is 0 Å². The van der Waals surface area contributed by atoms with Gasteiger partial charge in [-0.15, -0.1) is 0 Å². The largest absolute Gasteiger partial charge is 0.411 e. The molecule has 0 radical (unpaired) electrons. The van der Waals surface area contributed by atoms with E-state index in [0.29, 0.717) is 60.5 Å². The maximum Gasteiger partial charge on any atom is 0.259 e. The summed E-state index contributed by atoms with van der Waals surface area (Å²) in [6.07, 6.45) is 2.88. The van der Waals surface area contributed by atoms with Crippen LogP contribution < -0.4 is 10.6 Å². The highest BCUT2D eigenvalue weighted by Crippen LogP contribution is 2.50. The number of carbonyl (C=O) groups is 4. The molecule has 80 heavy (non-hydrogen) atoms. The van der Waals surface area contributed by atoms with Gasteiger partial charge < -0.3 is 38.2 Å². The zero-order valence-corrected chi connectivity index (χ0v) is 49.6. The number of nitrogens with one attached hydrogen (secondary N) is 4. The standard InChI is InChI=1S/C31H32ClN3O5Si.C31H30ClN3O3Si/c1-31(2,3)41(4,5)40-20-13-19(27(36)28(20)37)35-18-9-7-6-8-16(18)22-24-23(29(38)34-30(24)39)21-15-11-10-14(32)12-17(15)33-25(21)26(22)35;1-31(2,3)39(4,5)38-18-12-11-17(15-18)35-22-9-7-6-8-20(22)24-26-25(29(36)34-30(26)37)23-19-13-10-16(32)14-21(19)33-27(23)28(24)35/h6-12,19-20,27-28,33,36-37H,13H2,1-5H3,(H,34,38,39);6-14,17-18,33H,15H2,1-5H3,(H,34,36,37)/t19?,20-,27-,28+;17?,18-/m01/s1. The molecule has 2 aliphatic carbocycles. The molecule has 14 nitrogen and oxygen atoms in total. The molecular formula is C62H62Cl2N6O8Si2. The van der Waals surface area contributed by atoms with E-state index >= 15 is 0 Å². The monoisotopic (exact) mass is 1140 g/mol. The van der Waals surface area contributed by atoms with Gasteiger partial charge in [0.25, 0.3) is 23.6 Å². The Labute approximate surface area is 472 Å². The quantitative estimate of drug-likeness (QED) is 0.0538. The van der Waals surface area contributed by atoms with Crippen molar-refractivity contribution in [2.24, 2.45) is 0 Å².